The van der Waals surface area contributed by atoms with Crippen LogP contribution in [-0.2, 0) is 12.8 Å². The molecule has 2 nitrogen and oxygen atoms in total. The predicted octanol–water partition coefficient (Wildman–Crippen LogP) is 7.21. The van der Waals surface area contributed by atoms with E-state index in [1.165, 1.54) is 52.8 Å². The minimum absolute atomic E-state index is 0. The van der Waals surface area contributed by atoms with Crippen LogP contribution in [0.2, 0.25) is 0 Å². The lowest BCUT2D eigenvalue weighted by Crippen LogP contribution is -2.10. The van der Waals surface area contributed by atoms with E-state index in [0.717, 1.165) is 21.9 Å². The first-order valence-corrected chi connectivity index (χ1v) is 11.0. The zero-order valence-corrected chi connectivity index (χ0v) is 18.5. The maximum atomic E-state index is 11.7. The number of aryl methyl sites for hydroxylation is 2. The minimum atomic E-state index is -0.398. The van der Waals surface area contributed by atoms with Crippen LogP contribution in [0.4, 0.5) is 0 Å². The number of carbonyl (C=O) groups excluding carboxylic acids is 1. The Hall–Kier alpha value is -3.36. The van der Waals surface area contributed by atoms with Gasteiger partial charge in [-0.1, -0.05) is 60.7 Å². The molecule has 1 amide bonds. The Morgan fingerprint density at radius 3 is 2.34 bits per heavy atom. The van der Waals surface area contributed by atoms with Crippen molar-refractivity contribution in [2.45, 2.75) is 25.7 Å². The number of rotatable bonds is 2. The fourth-order valence-electron chi connectivity index (χ4n) is 5.25. The van der Waals surface area contributed by atoms with Gasteiger partial charge < -0.3 is 5.73 Å². The Labute approximate surface area is 193 Å². The monoisotopic (exact) mass is 437 g/mol. The fraction of sp³-hybridized carbons (Fsp3) is 0.138. The van der Waals surface area contributed by atoms with Gasteiger partial charge in [0.05, 0.1) is 0 Å². The van der Waals surface area contributed by atoms with Crippen LogP contribution in [0.1, 0.15) is 34.3 Å². The number of carbonyl (C=O) groups is 1. The summed E-state index contributed by atoms with van der Waals surface area (Å²) in [7, 11) is 0. The minimum Gasteiger partial charge on any atom is -0.366 e. The Bertz CT molecular complexity index is 1520. The highest BCUT2D eigenvalue weighted by Gasteiger charge is 2.14. The number of amides is 1. The van der Waals surface area contributed by atoms with E-state index < -0.39 is 5.91 Å². The highest BCUT2D eigenvalue weighted by atomic mass is 35.5. The number of primary amides is 1. The van der Waals surface area contributed by atoms with Gasteiger partial charge in [0.15, 0.2) is 0 Å². The maximum Gasteiger partial charge on any atom is 0.248 e. The molecule has 0 saturated heterocycles. The van der Waals surface area contributed by atoms with E-state index >= 15 is 0 Å². The molecule has 5 aromatic carbocycles. The summed E-state index contributed by atoms with van der Waals surface area (Å²) >= 11 is 0. The highest BCUT2D eigenvalue weighted by molar-refractivity contribution is 6.11. The lowest BCUT2D eigenvalue weighted by molar-refractivity contribution is 0.100. The van der Waals surface area contributed by atoms with Crippen molar-refractivity contribution in [3.8, 4) is 11.1 Å². The summed E-state index contributed by atoms with van der Waals surface area (Å²) in [4.78, 5) is 11.7. The summed E-state index contributed by atoms with van der Waals surface area (Å²) in [5.74, 6) is -0.398. The standard InChI is InChI=1S/C29H23NO.ClH/c30-29(31)22-9-8-19-5-3-7-24(28(19)17-22)20-11-13-25-21(16-20)12-15-26-23-6-2-1-4-18(23)10-14-27(25)26;/h3,5,7-17H,1-2,4,6H2,(H2,30,31);1H. The molecule has 32 heavy (non-hydrogen) atoms. The molecule has 158 valence electrons. The molecule has 0 aromatic heterocycles. The van der Waals surface area contributed by atoms with Crippen molar-refractivity contribution in [1.29, 1.82) is 0 Å². The van der Waals surface area contributed by atoms with Gasteiger partial charge in [0.25, 0.3) is 0 Å². The van der Waals surface area contributed by atoms with Gasteiger partial charge in [0.1, 0.15) is 0 Å². The Balaban J connectivity index is 0.00000216. The van der Waals surface area contributed by atoms with Crippen molar-refractivity contribution < 1.29 is 4.79 Å². The van der Waals surface area contributed by atoms with E-state index in [9.17, 15) is 4.79 Å². The molecule has 0 fully saturated rings. The van der Waals surface area contributed by atoms with Gasteiger partial charge in [0, 0.05) is 5.56 Å². The van der Waals surface area contributed by atoms with Gasteiger partial charge in [-0.05, 0) is 98.5 Å². The number of nitrogens with two attached hydrogens (primary N) is 1. The molecule has 3 heteroatoms. The molecule has 0 aliphatic heterocycles. The maximum absolute atomic E-state index is 11.7. The molecule has 0 bridgehead atoms. The van der Waals surface area contributed by atoms with Crippen LogP contribution in [-0.4, -0.2) is 5.91 Å². The fourth-order valence-corrected chi connectivity index (χ4v) is 5.25. The highest BCUT2D eigenvalue weighted by Crippen LogP contribution is 2.36. The summed E-state index contributed by atoms with van der Waals surface area (Å²) in [5, 5.41) is 7.45. The molecular formula is C29H24ClNO. The lowest BCUT2D eigenvalue weighted by Gasteiger charge is -2.19. The molecular weight excluding hydrogens is 414 g/mol. The SMILES string of the molecule is Cl.NC(=O)c1ccc2cccc(-c3ccc4c(ccc5c6c(ccc54)CCCC6)c3)c2c1. The van der Waals surface area contributed by atoms with E-state index in [1.54, 1.807) is 11.6 Å². The number of halogens is 1. The molecule has 1 aliphatic rings. The van der Waals surface area contributed by atoms with Crippen molar-refractivity contribution in [2.75, 3.05) is 0 Å². The first kappa shape index (κ1) is 20.5. The summed E-state index contributed by atoms with van der Waals surface area (Å²) in [6.07, 6.45) is 4.99. The number of hydrogen-bond donors (Lipinski definition) is 1. The molecule has 2 N–H and O–H groups in total. The van der Waals surface area contributed by atoms with Crippen LogP contribution in [0, 0.1) is 0 Å². The zero-order chi connectivity index (χ0) is 20.9. The predicted molar refractivity (Wildman–Crippen MR) is 137 cm³/mol. The molecule has 1 aliphatic carbocycles. The van der Waals surface area contributed by atoms with Gasteiger partial charge in [0.2, 0.25) is 5.91 Å². The summed E-state index contributed by atoms with van der Waals surface area (Å²) in [5.41, 5.74) is 11.4. The van der Waals surface area contributed by atoms with Crippen molar-refractivity contribution in [2.24, 2.45) is 5.73 Å². The third-order valence-corrected chi connectivity index (χ3v) is 6.83. The zero-order valence-electron chi connectivity index (χ0n) is 17.7. The van der Waals surface area contributed by atoms with Gasteiger partial charge >= 0.3 is 0 Å². The van der Waals surface area contributed by atoms with E-state index in [4.69, 9.17) is 5.73 Å². The van der Waals surface area contributed by atoms with Crippen molar-refractivity contribution >= 4 is 50.6 Å². The van der Waals surface area contributed by atoms with Gasteiger partial charge in [-0.3, -0.25) is 4.79 Å². The van der Waals surface area contributed by atoms with Crippen LogP contribution in [0.25, 0.3) is 43.4 Å². The van der Waals surface area contributed by atoms with Crippen molar-refractivity contribution in [3.63, 3.8) is 0 Å². The van der Waals surface area contributed by atoms with Crippen LogP contribution >= 0.6 is 12.4 Å². The normalized spacial score (nSPS) is 13.1. The van der Waals surface area contributed by atoms with Crippen LogP contribution in [0.5, 0.6) is 0 Å². The average Bonchev–Trinajstić information content (AvgIpc) is 2.82. The molecule has 0 atom stereocenters. The molecule has 5 aromatic rings. The molecule has 0 saturated carbocycles. The number of hydrogen-bond acceptors (Lipinski definition) is 1. The second-order valence-corrected chi connectivity index (χ2v) is 8.61. The van der Waals surface area contributed by atoms with Gasteiger partial charge in [-0.15, -0.1) is 12.4 Å². The first-order chi connectivity index (χ1) is 15.2. The second-order valence-electron chi connectivity index (χ2n) is 8.61. The van der Waals surface area contributed by atoms with Crippen molar-refractivity contribution in [3.05, 3.63) is 95.6 Å². The second kappa shape index (κ2) is 7.96. The topological polar surface area (TPSA) is 43.1 Å². The Morgan fingerprint density at radius 2 is 1.47 bits per heavy atom. The Kier molecular flexibility index (Phi) is 5.11. The quantitative estimate of drug-likeness (QED) is 0.291. The molecule has 0 spiro atoms. The number of benzene rings is 5. The Morgan fingerprint density at radius 1 is 0.688 bits per heavy atom. The largest absolute Gasteiger partial charge is 0.366 e. The summed E-state index contributed by atoms with van der Waals surface area (Å²) < 4.78 is 0. The smallest absolute Gasteiger partial charge is 0.248 e. The third-order valence-electron chi connectivity index (χ3n) is 6.83. The van der Waals surface area contributed by atoms with E-state index in [1.807, 2.05) is 12.1 Å². The average molecular weight is 438 g/mol. The number of fused-ring (bicyclic) bond motifs is 6. The molecule has 0 unspecified atom stereocenters. The van der Waals surface area contributed by atoms with E-state index in [2.05, 4.69) is 60.7 Å². The van der Waals surface area contributed by atoms with Crippen molar-refractivity contribution in [1.82, 2.24) is 0 Å². The summed E-state index contributed by atoms with van der Waals surface area (Å²) in [6, 6.07) is 27.8. The van der Waals surface area contributed by atoms with E-state index in [0.29, 0.717) is 5.56 Å². The van der Waals surface area contributed by atoms with Gasteiger partial charge in [-0.25, -0.2) is 0 Å². The third kappa shape index (κ3) is 3.23. The molecule has 0 radical (unpaired) electrons. The van der Waals surface area contributed by atoms with Crippen LogP contribution < -0.4 is 5.73 Å². The summed E-state index contributed by atoms with van der Waals surface area (Å²) in [6.45, 7) is 0. The van der Waals surface area contributed by atoms with Crippen LogP contribution in [0.3, 0.4) is 0 Å². The molecule has 0 heterocycles. The first-order valence-electron chi connectivity index (χ1n) is 11.0. The van der Waals surface area contributed by atoms with Gasteiger partial charge in [-0.2, -0.15) is 0 Å². The molecule has 6 rings (SSSR count). The lowest BCUT2D eigenvalue weighted by atomic mass is 9.86. The van der Waals surface area contributed by atoms with E-state index in [-0.39, 0.29) is 12.4 Å². The van der Waals surface area contributed by atoms with Crippen LogP contribution in [0.15, 0.2) is 78.9 Å².